The van der Waals surface area contributed by atoms with Gasteiger partial charge >= 0.3 is 0 Å². The summed E-state index contributed by atoms with van der Waals surface area (Å²) in [5.41, 5.74) is 0.628. The lowest BCUT2D eigenvalue weighted by molar-refractivity contribution is 0.0791. The molecule has 2 aliphatic heterocycles. The van der Waals surface area contributed by atoms with Gasteiger partial charge < -0.3 is 14.4 Å². The van der Waals surface area contributed by atoms with Crippen molar-refractivity contribution in [3.05, 3.63) is 48.1 Å². The molecule has 0 fully saturated rings. The molecule has 0 aromatic heterocycles. The zero-order valence-corrected chi connectivity index (χ0v) is 9.83. The van der Waals surface area contributed by atoms with Crippen molar-refractivity contribution in [1.29, 1.82) is 0 Å². The molecule has 2 aliphatic rings. The number of carbonyl (C=O) groups excluding carboxylic acids is 1. The third-order valence-electron chi connectivity index (χ3n) is 2.94. The molecule has 0 N–H and O–H groups in total. The van der Waals surface area contributed by atoms with Crippen molar-refractivity contribution in [2.24, 2.45) is 0 Å². The highest BCUT2D eigenvalue weighted by atomic mass is 16.7. The molecule has 0 spiro atoms. The van der Waals surface area contributed by atoms with Crippen LogP contribution >= 0.6 is 0 Å². The monoisotopic (exact) mass is 243 g/mol. The normalized spacial score (nSPS) is 16.8. The molecule has 4 nitrogen and oxygen atoms in total. The summed E-state index contributed by atoms with van der Waals surface area (Å²) in [6.45, 7) is 1.47. The molecule has 3 rings (SSSR count). The number of hydrogen-bond acceptors (Lipinski definition) is 3. The fourth-order valence-corrected chi connectivity index (χ4v) is 1.99. The van der Waals surface area contributed by atoms with Crippen molar-refractivity contribution < 1.29 is 14.3 Å². The highest BCUT2D eigenvalue weighted by Gasteiger charge is 2.19. The first kappa shape index (κ1) is 10.9. The van der Waals surface area contributed by atoms with Gasteiger partial charge in [0.2, 0.25) is 6.79 Å². The highest BCUT2D eigenvalue weighted by Crippen LogP contribution is 2.32. The summed E-state index contributed by atoms with van der Waals surface area (Å²) >= 11 is 0. The summed E-state index contributed by atoms with van der Waals surface area (Å²) in [6, 6.07) is 5.29. The van der Waals surface area contributed by atoms with Crippen LogP contribution in [0, 0.1) is 0 Å². The second kappa shape index (κ2) is 4.56. The van der Waals surface area contributed by atoms with Gasteiger partial charge in [0.05, 0.1) is 0 Å². The zero-order valence-electron chi connectivity index (χ0n) is 9.83. The molecule has 0 radical (unpaired) electrons. The van der Waals surface area contributed by atoms with E-state index in [1.54, 1.807) is 23.1 Å². The first-order valence-electron chi connectivity index (χ1n) is 5.85. The summed E-state index contributed by atoms with van der Waals surface area (Å²) in [4.78, 5) is 14.1. The van der Waals surface area contributed by atoms with Crippen LogP contribution in [0.25, 0.3) is 0 Å². The number of nitrogens with zero attached hydrogens (tertiary/aromatic N) is 1. The quantitative estimate of drug-likeness (QED) is 0.757. The maximum atomic E-state index is 12.3. The van der Waals surface area contributed by atoms with Crippen LogP contribution < -0.4 is 9.47 Å². The van der Waals surface area contributed by atoms with E-state index in [9.17, 15) is 4.79 Å². The van der Waals surface area contributed by atoms with Gasteiger partial charge in [-0.15, -0.1) is 0 Å². The molecular formula is C14H13NO3. The van der Waals surface area contributed by atoms with E-state index in [1.807, 2.05) is 24.3 Å². The van der Waals surface area contributed by atoms with E-state index in [0.29, 0.717) is 30.2 Å². The van der Waals surface area contributed by atoms with Gasteiger partial charge in [-0.3, -0.25) is 4.79 Å². The largest absolute Gasteiger partial charge is 0.454 e. The minimum absolute atomic E-state index is 0.00417. The smallest absolute Gasteiger partial charge is 0.254 e. The number of ether oxygens (including phenoxy) is 2. The van der Waals surface area contributed by atoms with Crippen molar-refractivity contribution in [3.8, 4) is 11.5 Å². The Labute approximate surface area is 105 Å². The molecule has 1 amide bonds. The molecule has 0 atom stereocenters. The summed E-state index contributed by atoms with van der Waals surface area (Å²) in [7, 11) is 0. The number of benzene rings is 1. The van der Waals surface area contributed by atoms with Gasteiger partial charge in [-0.2, -0.15) is 0 Å². The molecule has 1 aromatic carbocycles. The van der Waals surface area contributed by atoms with Crippen LogP contribution in [0.15, 0.2) is 42.5 Å². The van der Waals surface area contributed by atoms with Crippen LogP contribution in [-0.4, -0.2) is 30.7 Å². The zero-order chi connectivity index (χ0) is 12.4. The molecule has 2 heterocycles. The van der Waals surface area contributed by atoms with Crippen molar-refractivity contribution in [3.63, 3.8) is 0 Å². The predicted octanol–water partition coefficient (Wildman–Crippen LogP) is 1.98. The lowest BCUT2D eigenvalue weighted by atomic mass is 10.1. The summed E-state index contributed by atoms with van der Waals surface area (Å²) in [6.07, 6.45) is 7.84. The molecule has 18 heavy (non-hydrogen) atoms. The number of rotatable bonds is 1. The van der Waals surface area contributed by atoms with E-state index in [2.05, 4.69) is 0 Å². The Bertz CT molecular complexity index is 520. The van der Waals surface area contributed by atoms with Gasteiger partial charge in [0.15, 0.2) is 11.5 Å². The standard InChI is InChI=1S/C14H13NO3/c16-14(15-7-3-1-2-4-8-15)11-5-6-12-13(9-11)18-10-17-12/h1-6,9H,7-8,10H2. The number of hydrogen-bond donors (Lipinski definition) is 0. The molecule has 0 saturated carbocycles. The first-order valence-corrected chi connectivity index (χ1v) is 5.85. The Morgan fingerprint density at radius 3 is 2.56 bits per heavy atom. The average Bonchev–Trinajstić information content (AvgIpc) is 2.69. The van der Waals surface area contributed by atoms with E-state index in [4.69, 9.17) is 9.47 Å². The molecule has 0 bridgehead atoms. The molecule has 92 valence electrons. The summed E-state index contributed by atoms with van der Waals surface area (Å²) in [5, 5.41) is 0. The van der Waals surface area contributed by atoms with Gasteiger partial charge in [0, 0.05) is 18.7 Å². The number of allylic oxidation sites excluding steroid dienone is 2. The van der Waals surface area contributed by atoms with Gasteiger partial charge in [-0.1, -0.05) is 24.3 Å². The lowest BCUT2D eigenvalue weighted by Crippen LogP contribution is -2.30. The highest BCUT2D eigenvalue weighted by molar-refractivity contribution is 5.95. The molecule has 0 saturated heterocycles. The Morgan fingerprint density at radius 1 is 1.06 bits per heavy atom. The Hall–Kier alpha value is -2.23. The van der Waals surface area contributed by atoms with Crippen molar-refractivity contribution in [2.75, 3.05) is 19.9 Å². The van der Waals surface area contributed by atoms with Gasteiger partial charge in [0.1, 0.15) is 0 Å². The Morgan fingerprint density at radius 2 is 1.78 bits per heavy atom. The second-order valence-corrected chi connectivity index (χ2v) is 4.13. The molecule has 1 aromatic rings. The van der Waals surface area contributed by atoms with Crippen molar-refractivity contribution >= 4 is 5.91 Å². The van der Waals surface area contributed by atoms with Crippen LogP contribution in [0.2, 0.25) is 0 Å². The molecule has 0 aliphatic carbocycles. The summed E-state index contributed by atoms with van der Waals surface area (Å²) < 4.78 is 10.5. The van der Waals surface area contributed by atoms with Gasteiger partial charge in [0.25, 0.3) is 5.91 Å². The predicted molar refractivity (Wildman–Crippen MR) is 66.7 cm³/mol. The third kappa shape index (κ3) is 1.97. The molecule has 0 unspecified atom stereocenters. The van der Waals surface area contributed by atoms with Gasteiger partial charge in [-0.05, 0) is 18.2 Å². The van der Waals surface area contributed by atoms with Crippen LogP contribution in [0.5, 0.6) is 11.5 Å². The van der Waals surface area contributed by atoms with Crippen LogP contribution in [0.4, 0.5) is 0 Å². The van der Waals surface area contributed by atoms with Crippen molar-refractivity contribution in [2.45, 2.75) is 0 Å². The maximum absolute atomic E-state index is 12.3. The Balaban J connectivity index is 1.83. The van der Waals surface area contributed by atoms with Gasteiger partial charge in [-0.25, -0.2) is 0 Å². The Kier molecular flexibility index (Phi) is 2.76. The minimum atomic E-state index is 0.00417. The minimum Gasteiger partial charge on any atom is -0.454 e. The van der Waals surface area contributed by atoms with Crippen LogP contribution in [-0.2, 0) is 0 Å². The van der Waals surface area contributed by atoms with E-state index in [1.165, 1.54) is 0 Å². The number of amides is 1. The van der Waals surface area contributed by atoms with E-state index in [-0.39, 0.29) is 12.7 Å². The number of carbonyl (C=O) groups is 1. The second-order valence-electron chi connectivity index (χ2n) is 4.13. The van der Waals surface area contributed by atoms with Crippen LogP contribution in [0.3, 0.4) is 0 Å². The van der Waals surface area contributed by atoms with Crippen molar-refractivity contribution in [1.82, 2.24) is 4.90 Å². The van der Waals surface area contributed by atoms with E-state index < -0.39 is 0 Å². The third-order valence-corrected chi connectivity index (χ3v) is 2.94. The maximum Gasteiger partial charge on any atom is 0.254 e. The fraction of sp³-hybridized carbons (Fsp3) is 0.214. The number of fused-ring (bicyclic) bond motifs is 1. The first-order chi connectivity index (χ1) is 8.84. The average molecular weight is 243 g/mol. The lowest BCUT2D eigenvalue weighted by Gasteiger charge is -2.18. The SMILES string of the molecule is O=C(c1ccc2c(c1)OCO2)N1CC=CC=CC1. The van der Waals surface area contributed by atoms with E-state index in [0.717, 1.165) is 0 Å². The fourth-order valence-electron chi connectivity index (χ4n) is 1.99. The topological polar surface area (TPSA) is 38.8 Å². The van der Waals surface area contributed by atoms with Crippen LogP contribution in [0.1, 0.15) is 10.4 Å². The van der Waals surface area contributed by atoms with E-state index >= 15 is 0 Å². The molecular weight excluding hydrogens is 230 g/mol. The summed E-state index contributed by atoms with van der Waals surface area (Å²) in [5.74, 6) is 1.34. The molecule has 4 heteroatoms.